The monoisotopic (exact) mass is 276 g/mol. The second kappa shape index (κ2) is 6.50. The highest BCUT2D eigenvalue weighted by molar-refractivity contribution is 5.76. The van der Waals surface area contributed by atoms with Crippen LogP contribution in [0.3, 0.4) is 0 Å². The maximum absolute atomic E-state index is 11.7. The van der Waals surface area contributed by atoms with E-state index in [1.54, 1.807) is 6.20 Å². The Labute approximate surface area is 118 Å². The molecule has 0 radical (unpaired) electrons. The summed E-state index contributed by atoms with van der Waals surface area (Å²) in [6.07, 6.45) is 5.59. The van der Waals surface area contributed by atoms with Gasteiger partial charge in [0, 0.05) is 36.7 Å². The first-order valence-electron chi connectivity index (χ1n) is 7.02. The molecular weight excluding hydrogens is 256 g/mol. The minimum Gasteiger partial charge on any atom is -0.481 e. The average Bonchev–Trinajstić information content (AvgIpc) is 3.23. The summed E-state index contributed by atoms with van der Waals surface area (Å²) < 4.78 is 0. The molecule has 2 N–H and O–H groups in total. The van der Waals surface area contributed by atoms with E-state index in [4.69, 9.17) is 5.11 Å². The number of hydrogen-bond donors (Lipinski definition) is 2. The van der Waals surface area contributed by atoms with Gasteiger partial charge < -0.3 is 10.4 Å². The second-order valence-corrected chi connectivity index (χ2v) is 5.37. The highest BCUT2D eigenvalue weighted by atomic mass is 16.4. The van der Waals surface area contributed by atoms with Gasteiger partial charge in [-0.1, -0.05) is 6.07 Å². The lowest BCUT2D eigenvalue weighted by Crippen LogP contribution is -2.32. The lowest BCUT2D eigenvalue weighted by atomic mass is 10.0. The van der Waals surface area contributed by atoms with Crippen molar-refractivity contribution in [3.8, 4) is 0 Å². The van der Waals surface area contributed by atoms with E-state index in [9.17, 15) is 9.59 Å². The molecule has 1 aromatic rings. The van der Waals surface area contributed by atoms with Crippen LogP contribution in [0.5, 0.6) is 0 Å². The van der Waals surface area contributed by atoms with Gasteiger partial charge >= 0.3 is 5.97 Å². The number of unbranched alkanes of at least 4 members (excludes halogenated alkanes) is 1. The summed E-state index contributed by atoms with van der Waals surface area (Å²) in [7, 11) is 0. The van der Waals surface area contributed by atoms with Crippen LogP contribution in [-0.2, 0) is 15.0 Å². The lowest BCUT2D eigenvalue weighted by Gasteiger charge is -2.15. The van der Waals surface area contributed by atoms with Gasteiger partial charge in [-0.2, -0.15) is 0 Å². The van der Waals surface area contributed by atoms with Crippen molar-refractivity contribution in [2.75, 3.05) is 6.54 Å². The van der Waals surface area contributed by atoms with Crippen molar-refractivity contribution in [2.24, 2.45) is 0 Å². The number of carboxylic acids is 1. The molecule has 1 saturated carbocycles. The average molecular weight is 276 g/mol. The third kappa shape index (κ3) is 4.05. The number of hydrogen-bond acceptors (Lipinski definition) is 3. The quantitative estimate of drug-likeness (QED) is 0.710. The van der Waals surface area contributed by atoms with Crippen LogP contribution in [0.25, 0.3) is 0 Å². The fourth-order valence-electron chi connectivity index (χ4n) is 2.27. The van der Waals surface area contributed by atoms with E-state index in [1.807, 2.05) is 18.2 Å². The highest BCUT2D eigenvalue weighted by Crippen LogP contribution is 2.46. The number of carbonyl (C=O) groups excluding carboxylic acids is 1. The Morgan fingerprint density at radius 3 is 2.60 bits per heavy atom. The molecule has 0 atom stereocenters. The first-order valence-corrected chi connectivity index (χ1v) is 7.02. The third-order valence-corrected chi connectivity index (χ3v) is 3.73. The minimum absolute atomic E-state index is 0.00223. The van der Waals surface area contributed by atoms with Gasteiger partial charge in [0.25, 0.3) is 0 Å². The summed E-state index contributed by atoms with van der Waals surface area (Å²) in [6, 6.07) is 5.86. The summed E-state index contributed by atoms with van der Waals surface area (Å²) >= 11 is 0. The van der Waals surface area contributed by atoms with Crippen molar-refractivity contribution < 1.29 is 14.7 Å². The smallest absolute Gasteiger partial charge is 0.303 e. The molecule has 108 valence electrons. The first kappa shape index (κ1) is 14.5. The van der Waals surface area contributed by atoms with Gasteiger partial charge in [-0.25, -0.2) is 0 Å². The van der Waals surface area contributed by atoms with E-state index in [1.165, 1.54) is 0 Å². The molecule has 1 aromatic heterocycles. The first-order chi connectivity index (χ1) is 9.62. The van der Waals surface area contributed by atoms with Crippen LogP contribution in [0.1, 0.15) is 44.2 Å². The number of nitrogens with zero attached hydrogens (tertiary/aromatic N) is 1. The number of aromatic nitrogens is 1. The molecule has 1 aliphatic rings. The highest BCUT2D eigenvalue weighted by Gasteiger charge is 2.45. The van der Waals surface area contributed by atoms with Crippen molar-refractivity contribution in [1.29, 1.82) is 0 Å². The van der Waals surface area contributed by atoms with Crippen LogP contribution < -0.4 is 5.32 Å². The number of aliphatic carboxylic acids is 1. The fraction of sp³-hybridized carbons (Fsp3) is 0.533. The molecule has 0 bridgehead atoms. The number of amides is 1. The second-order valence-electron chi connectivity index (χ2n) is 5.37. The molecule has 5 nitrogen and oxygen atoms in total. The predicted octanol–water partition coefficient (Wildman–Crippen LogP) is 1.87. The molecule has 20 heavy (non-hydrogen) atoms. The molecule has 1 amide bonds. The molecule has 1 heterocycles. The SMILES string of the molecule is O=C(O)CCCCC(=O)NCC1(c2ccccn2)CC1. The number of carboxylic acid groups (broad SMARTS) is 1. The van der Waals surface area contributed by atoms with Gasteiger partial charge in [0.2, 0.25) is 5.91 Å². The van der Waals surface area contributed by atoms with Crippen molar-refractivity contribution in [3.63, 3.8) is 0 Å². The van der Waals surface area contributed by atoms with Gasteiger partial charge in [-0.3, -0.25) is 14.6 Å². The predicted molar refractivity (Wildman–Crippen MR) is 74.3 cm³/mol. The zero-order chi connectivity index (χ0) is 14.4. The molecule has 0 aliphatic heterocycles. The van der Waals surface area contributed by atoms with Crippen molar-refractivity contribution in [1.82, 2.24) is 10.3 Å². The maximum Gasteiger partial charge on any atom is 0.303 e. The third-order valence-electron chi connectivity index (χ3n) is 3.73. The van der Waals surface area contributed by atoms with Crippen LogP contribution in [0.15, 0.2) is 24.4 Å². The Hall–Kier alpha value is -1.91. The molecular formula is C15H20N2O3. The van der Waals surface area contributed by atoms with Gasteiger partial charge in [0.15, 0.2) is 0 Å². The van der Waals surface area contributed by atoms with Gasteiger partial charge in [-0.15, -0.1) is 0 Å². The fourth-order valence-corrected chi connectivity index (χ4v) is 2.27. The van der Waals surface area contributed by atoms with Crippen molar-refractivity contribution in [2.45, 2.75) is 43.9 Å². The summed E-state index contributed by atoms with van der Waals surface area (Å²) in [5.41, 5.74) is 1.07. The Morgan fingerprint density at radius 1 is 1.25 bits per heavy atom. The molecule has 0 spiro atoms. The lowest BCUT2D eigenvalue weighted by molar-refractivity contribution is -0.137. The van der Waals surface area contributed by atoms with E-state index < -0.39 is 5.97 Å². The topological polar surface area (TPSA) is 79.3 Å². The van der Waals surface area contributed by atoms with Gasteiger partial charge in [-0.05, 0) is 37.8 Å². The van der Waals surface area contributed by atoms with E-state index >= 15 is 0 Å². The van der Waals surface area contributed by atoms with E-state index in [0.717, 1.165) is 18.5 Å². The summed E-state index contributed by atoms with van der Waals surface area (Å²) in [5, 5.41) is 11.5. The molecule has 5 heteroatoms. The Kier molecular flexibility index (Phi) is 4.71. The summed E-state index contributed by atoms with van der Waals surface area (Å²) in [4.78, 5) is 26.4. The molecule has 0 saturated heterocycles. The van der Waals surface area contributed by atoms with Crippen LogP contribution in [0.2, 0.25) is 0 Å². The van der Waals surface area contributed by atoms with Crippen molar-refractivity contribution in [3.05, 3.63) is 30.1 Å². The standard InChI is InChI=1S/C15H20N2O3/c18-13(6-1-2-7-14(19)20)17-11-15(8-9-15)12-5-3-4-10-16-12/h3-5,10H,1-2,6-9,11H2,(H,17,18)(H,19,20). The normalized spacial score (nSPS) is 15.6. The summed E-state index contributed by atoms with van der Waals surface area (Å²) in [6.45, 7) is 0.627. The zero-order valence-corrected chi connectivity index (χ0v) is 11.5. The largest absolute Gasteiger partial charge is 0.481 e. The van der Waals surface area contributed by atoms with Crippen LogP contribution in [0, 0.1) is 0 Å². The van der Waals surface area contributed by atoms with Crippen LogP contribution in [-0.4, -0.2) is 28.5 Å². The van der Waals surface area contributed by atoms with E-state index in [2.05, 4.69) is 10.3 Å². The number of pyridine rings is 1. The van der Waals surface area contributed by atoms with Gasteiger partial charge in [0.1, 0.15) is 0 Å². The van der Waals surface area contributed by atoms with E-state index in [-0.39, 0.29) is 17.7 Å². The summed E-state index contributed by atoms with van der Waals surface area (Å²) in [5.74, 6) is -0.810. The van der Waals surface area contributed by atoms with Gasteiger partial charge in [0.05, 0.1) is 0 Å². The minimum atomic E-state index is -0.808. The zero-order valence-electron chi connectivity index (χ0n) is 11.5. The molecule has 1 fully saturated rings. The Bertz CT molecular complexity index is 469. The van der Waals surface area contributed by atoms with Crippen LogP contribution >= 0.6 is 0 Å². The van der Waals surface area contributed by atoms with Crippen LogP contribution in [0.4, 0.5) is 0 Å². The van der Waals surface area contributed by atoms with Crippen molar-refractivity contribution >= 4 is 11.9 Å². The van der Waals surface area contributed by atoms with E-state index in [0.29, 0.717) is 25.8 Å². The number of carbonyl (C=O) groups is 2. The molecule has 0 aromatic carbocycles. The Morgan fingerprint density at radius 2 is 2.00 bits per heavy atom. The number of rotatable bonds is 8. The molecule has 2 rings (SSSR count). The molecule has 0 unspecified atom stereocenters. The Balaban J connectivity index is 1.70. The molecule has 1 aliphatic carbocycles. The maximum atomic E-state index is 11.7. The number of nitrogens with one attached hydrogen (secondary N) is 1.